The van der Waals surface area contributed by atoms with Gasteiger partial charge in [0.15, 0.2) is 0 Å². The average molecular weight is 337 g/mol. The summed E-state index contributed by atoms with van der Waals surface area (Å²) < 4.78 is 1.02. The van der Waals surface area contributed by atoms with Gasteiger partial charge >= 0.3 is 0 Å². The third-order valence-electron chi connectivity index (χ3n) is 3.08. The van der Waals surface area contributed by atoms with Crippen LogP contribution in [0.3, 0.4) is 0 Å². The van der Waals surface area contributed by atoms with E-state index in [0.717, 1.165) is 33.5 Å². The lowest BCUT2D eigenvalue weighted by Crippen LogP contribution is -2.42. The van der Waals surface area contributed by atoms with Crippen LogP contribution in [0.4, 0.5) is 0 Å². The minimum absolute atomic E-state index is 0.00125. The average Bonchev–Trinajstić information content (AvgIpc) is 2.63. The fourth-order valence-electron chi connectivity index (χ4n) is 2.06. The normalized spacial score (nSPS) is 24.6. The van der Waals surface area contributed by atoms with E-state index in [1.807, 2.05) is 13.0 Å². The Balaban J connectivity index is 2.01. The second kappa shape index (κ2) is 5.72. The maximum atomic E-state index is 12.0. The lowest BCUT2D eigenvalue weighted by Gasteiger charge is -2.27. The van der Waals surface area contributed by atoms with Gasteiger partial charge in [-0.25, -0.2) is 0 Å². The largest absolute Gasteiger partial charge is 0.347 e. The van der Waals surface area contributed by atoms with Crippen LogP contribution in [0.25, 0.3) is 0 Å². The number of rotatable bonds is 2. The van der Waals surface area contributed by atoms with Gasteiger partial charge in [-0.05, 0) is 47.3 Å². The van der Waals surface area contributed by atoms with Crippen LogP contribution in [0.1, 0.15) is 40.9 Å². The van der Waals surface area contributed by atoms with Crippen molar-refractivity contribution in [1.82, 2.24) is 5.32 Å². The van der Waals surface area contributed by atoms with Crippen LogP contribution in [0.15, 0.2) is 9.85 Å². The number of thiophene rings is 1. The monoisotopic (exact) mass is 335 g/mol. The molecule has 0 bridgehead atoms. The molecule has 1 saturated carbocycles. The van der Waals surface area contributed by atoms with E-state index in [1.165, 1.54) is 17.8 Å². The molecule has 2 rings (SSSR count). The minimum atomic E-state index is 0.00125. The molecular formula is C12H15BrClNOS. The van der Waals surface area contributed by atoms with E-state index < -0.39 is 0 Å². The number of hydrogen-bond donors (Lipinski definition) is 1. The molecule has 1 aliphatic carbocycles. The van der Waals surface area contributed by atoms with Crippen molar-refractivity contribution in [2.45, 2.75) is 44.0 Å². The molecule has 2 unspecified atom stereocenters. The summed E-state index contributed by atoms with van der Waals surface area (Å²) in [6.45, 7) is 1.99. The van der Waals surface area contributed by atoms with E-state index in [1.54, 1.807) is 0 Å². The predicted molar refractivity (Wildman–Crippen MR) is 76.1 cm³/mol. The number of nitrogens with one attached hydrogen (secondary N) is 1. The molecule has 1 amide bonds. The number of alkyl halides is 1. The highest BCUT2D eigenvalue weighted by molar-refractivity contribution is 9.11. The van der Waals surface area contributed by atoms with Crippen molar-refractivity contribution in [1.29, 1.82) is 0 Å². The molecule has 1 fully saturated rings. The topological polar surface area (TPSA) is 29.1 Å². The number of carbonyl (C=O) groups excluding carboxylic acids is 1. The Morgan fingerprint density at radius 2 is 2.24 bits per heavy atom. The lowest BCUT2D eigenvalue weighted by atomic mass is 9.95. The van der Waals surface area contributed by atoms with E-state index in [9.17, 15) is 4.79 Å². The van der Waals surface area contributed by atoms with E-state index in [4.69, 9.17) is 11.6 Å². The van der Waals surface area contributed by atoms with Crippen LogP contribution in [0, 0.1) is 6.92 Å². The van der Waals surface area contributed by atoms with E-state index in [0.29, 0.717) is 0 Å². The summed E-state index contributed by atoms with van der Waals surface area (Å²) in [7, 11) is 0. The van der Waals surface area contributed by atoms with Gasteiger partial charge in [-0.2, -0.15) is 0 Å². The molecule has 17 heavy (non-hydrogen) atoms. The third-order valence-corrected chi connectivity index (χ3v) is 5.74. The SMILES string of the molecule is Cc1cc(C(=O)NC2CCCCC2Cl)sc1Br. The number of amides is 1. The molecule has 1 aliphatic rings. The zero-order valence-corrected chi connectivity index (χ0v) is 12.8. The van der Waals surface area contributed by atoms with Gasteiger partial charge < -0.3 is 5.32 Å². The second-order valence-electron chi connectivity index (χ2n) is 4.45. The van der Waals surface area contributed by atoms with Crippen LogP contribution in [-0.4, -0.2) is 17.3 Å². The zero-order chi connectivity index (χ0) is 12.4. The Morgan fingerprint density at radius 1 is 1.53 bits per heavy atom. The summed E-state index contributed by atoms with van der Waals surface area (Å²) in [5.74, 6) is 0.00125. The highest BCUT2D eigenvalue weighted by Gasteiger charge is 2.25. The smallest absolute Gasteiger partial charge is 0.261 e. The standard InChI is InChI=1S/C12H15BrClNOS/c1-7-6-10(17-11(7)13)12(16)15-9-5-3-2-4-8(9)14/h6,8-9H,2-5H2,1H3,(H,15,16). The lowest BCUT2D eigenvalue weighted by molar-refractivity contribution is 0.0933. The van der Waals surface area contributed by atoms with Gasteiger partial charge in [0.1, 0.15) is 0 Å². The molecule has 0 saturated heterocycles. The molecule has 0 spiro atoms. The Morgan fingerprint density at radius 3 is 2.82 bits per heavy atom. The Labute approximate surface area is 119 Å². The fraction of sp³-hybridized carbons (Fsp3) is 0.583. The second-order valence-corrected chi connectivity index (χ2v) is 7.38. The molecule has 0 aromatic carbocycles. The molecule has 2 atom stereocenters. The number of aryl methyl sites for hydroxylation is 1. The van der Waals surface area contributed by atoms with E-state index in [2.05, 4.69) is 21.2 Å². The van der Waals surface area contributed by atoms with E-state index >= 15 is 0 Å². The Hall–Kier alpha value is -0.0600. The van der Waals surface area contributed by atoms with Gasteiger partial charge in [-0.15, -0.1) is 22.9 Å². The first-order valence-corrected chi connectivity index (χ1v) is 7.83. The van der Waals surface area contributed by atoms with Crippen LogP contribution < -0.4 is 5.32 Å². The third kappa shape index (κ3) is 3.24. The highest BCUT2D eigenvalue weighted by Crippen LogP contribution is 2.28. The summed E-state index contributed by atoms with van der Waals surface area (Å²) in [6, 6.07) is 2.04. The fourth-order valence-corrected chi connectivity index (χ4v) is 3.84. The zero-order valence-electron chi connectivity index (χ0n) is 9.63. The summed E-state index contributed by atoms with van der Waals surface area (Å²) in [4.78, 5) is 12.8. The highest BCUT2D eigenvalue weighted by atomic mass is 79.9. The van der Waals surface area contributed by atoms with Gasteiger partial charge in [-0.3, -0.25) is 4.79 Å². The van der Waals surface area contributed by atoms with Crippen LogP contribution in [-0.2, 0) is 0 Å². The van der Waals surface area contributed by atoms with Crippen molar-refractivity contribution in [3.63, 3.8) is 0 Å². The number of halogens is 2. The van der Waals surface area contributed by atoms with Crippen molar-refractivity contribution in [2.24, 2.45) is 0 Å². The first kappa shape index (κ1) is 13.4. The molecule has 1 heterocycles. The molecule has 94 valence electrons. The molecule has 0 radical (unpaired) electrons. The molecule has 1 aromatic heterocycles. The minimum Gasteiger partial charge on any atom is -0.347 e. The molecule has 0 aliphatic heterocycles. The summed E-state index contributed by atoms with van der Waals surface area (Å²) in [6.07, 6.45) is 4.32. The Bertz CT molecular complexity index is 401. The summed E-state index contributed by atoms with van der Waals surface area (Å²) in [5, 5.41) is 3.12. The van der Waals surface area contributed by atoms with Crippen LogP contribution in [0.2, 0.25) is 0 Å². The quantitative estimate of drug-likeness (QED) is 0.809. The van der Waals surface area contributed by atoms with Gasteiger partial charge in [0, 0.05) is 6.04 Å². The van der Waals surface area contributed by atoms with Crippen LogP contribution >= 0.6 is 38.9 Å². The van der Waals surface area contributed by atoms with Crippen molar-refractivity contribution < 1.29 is 4.79 Å². The maximum absolute atomic E-state index is 12.0. The predicted octanol–water partition coefficient (Wildman–Crippen LogP) is 4.10. The van der Waals surface area contributed by atoms with Gasteiger partial charge in [-0.1, -0.05) is 12.8 Å². The summed E-state index contributed by atoms with van der Waals surface area (Å²) in [5.41, 5.74) is 1.10. The molecule has 2 nitrogen and oxygen atoms in total. The first-order valence-electron chi connectivity index (χ1n) is 5.79. The molecule has 5 heteroatoms. The van der Waals surface area contributed by atoms with Crippen molar-refractivity contribution in [3.05, 3.63) is 20.3 Å². The molecule has 1 N–H and O–H groups in total. The van der Waals surface area contributed by atoms with Crippen molar-refractivity contribution >= 4 is 44.8 Å². The summed E-state index contributed by atoms with van der Waals surface area (Å²) >= 11 is 11.1. The van der Waals surface area contributed by atoms with Crippen molar-refractivity contribution in [3.8, 4) is 0 Å². The number of carbonyl (C=O) groups is 1. The van der Waals surface area contributed by atoms with Crippen LogP contribution in [0.5, 0.6) is 0 Å². The molecule has 1 aromatic rings. The number of hydrogen-bond acceptors (Lipinski definition) is 2. The van der Waals surface area contributed by atoms with Gasteiger partial charge in [0.2, 0.25) is 0 Å². The first-order chi connectivity index (χ1) is 8.08. The van der Waals surface area contributed by atoms with Gasteiger partial charge in [0.25, 0.3) is 5.91 Å². The van der Waals surface area contributed by atoms with Crippen molar-refractivity contribution in [2.75, 3.05) is 0 Å². The Kier molecular flexibility index (Phi) is 4.50. The van der Waals surface area contributed by atoms with E-state index in [-0.39, 0.29) is 17.3 Å². The maximum Gasteiger partial charge on any atom is 0.261 e. The molecular weight excluding hydrogens is 322 g/mol. The van der Waals surface area contributed by atoms with Gasteiger partial charge in [0.05, 0.1) is 14.0 Å².